The molecule has 1 atom stereocenters. The minimum Gasteiger partial charge on any atom is -0.380 e. The zero-order valence-corrected chi connectivity index (χ0v) is 13.7. The second-order valence-electron chi connectivity index (χ2n) is 5.87. The molecular formula is C17H27ClN2O. The highest BCUT2D eigenvalue weighted by Gasteiger charge is 2.13. The highest BCUT2D eigenvalue weighted by molar-refractivity contribution is 6.30. The van der Waals surface area contributed by atoms with Crippen molar-refractivity contribution in [3.63, 3.8) is 0 Å². The van der Waals surface area contributed by atoms with Crippen LogP contribution in [0.1, 0.15) is 24.8 Å². The van der Waals surface area contributed by atoms with Crippen LogP contribution in [-0.2, 0) is 11.2 Å². The van der Waals surface area contributed by atoms with E-state index in [1.807, 2.05) is 19.2 Å². The van der Waals surface area contributed by atoms with Crippen molar-refractivity contribution in [3.8, 4) is 0 Å². The molecule has 3 rings (SSSR count). The summed E-state index contributed by atoms with van der Waals surface area (Å²) in [4.78, 5) is 0. The van der Waals surface area contributed by atoms with Crippen molar-refractivity contribution in [2.45, 2.75) is 31.7 Å². The molecule has 0 spiro atoms. The lowest BCUT2D eigenvalue weighted by molar-refractivity contribution is 0.191. The molecule has 0 radical (unpaired) electrons. The van der Waals surface area contributed by atoms with Crippen LogP contribution in [0.2, 0.25) is 5.02 Å². The molecule has 0 aromatic heterocycles. The smallest absolute Gasteiger partial charge is 0.0620 e. The molecular weight excluding hydrogens is 284 g/mol. The van der Waals surface area contributed by atoms with Crippen LogP contribution in [0.5, 0.6) is 0 Å². The maximum absolute atomic E-state index is 5.84. The second kappa shape index (κ2) is 9.42. The van der Waals surface area contributed by atoms with Gasteiger partial charge in [0.15, 0.2) is 0 Å². The number of halogens is 1. The predicted octanol–water partition coefficient (Wildman–Crippen LogP) is 2.88. The Hall–Kier alpha value is -0.610. The summed E-state index contributed by atoms with van der Waals surface area (Å²) in [6.07, 6.45) is 5.00. The Balaban J connectivity index is 0.000000194. The highest BCUT2D eigenvalue weighted by atomic mass is 35.5. The van der Waals surface area contributed by atoms with E-state index in [4.69, 9.17) is 16.3 Å². The Labute approximate surface area is 133 Å². The monoisotopic (exact) mass is 310 g/mol. The first-order valence-corrected chi connectivity index (χ1v) is 8.36. The van der Waals surface area contributed by atoms with Crippen LogP contribution in [0.3, 0.4) is 0 Å². The predicted molar refractivity (Wildman–Crippen MR) is 89.0 cm³/mol. The van der Waals surface area contributed by atoms with E-state index in [1.54, 1.807) is 0 Å². The van der Waals surface area contributed by atoms with Crippen molar-refractivity contribution in [3.05, 3.63) is 34.9 Å². The van der Waals surface area contributed by atoms with Crippen LogP contribution in [0.15, 0.2) is 24.3 Å². The quantitative estimate of drug-likeness (QED) is 0.900. The van der Waals surface area contributed by atoms with Crippen LogP contribution in [0, 0.1) is 5.92 Å². The standard InChI is InChI=1S/C12H16ClN.C5H11NO/c13-12-3-1-10(2-4-12)9-11-5-7-14-8-6-11;1-6-5-2-3-7-4-5/h1-4,11,14H,5-9H2;5-6H,2-4H2,1H3. The lowest BCUT2D eigenvalue weighted by Gasteiger charge is -2.22. The van der Waals surface area contributed by atoms with Crippen LogP contribution in [0.4, 0.5) is 0 Å². The molecule has 1 aromatic carbocycles. The summed E-state index contributed by atoms with van der Waals surface area (Å²) in [7, 11) is 1.97. The average molecular weight is 311 g/mol. The van der Waals surface area contributed by atoms with Crippen molar-refractivity contribution in [2.75, 3.05) is 33.4 Å². The number of rotatable bonds is 3. The summed E-state index contributed by atoms with van der Waals surface area (Å²) in [6, 6.07) is 8.88. The Kier molecular flexibility index (Phi) is 7.51. The van der Waals surface area contributed by atoms with E-state index >= 15 is 0 Å². The van der Waals surface area contributed by atoms with Crippen molar-refractivity contribution in [1.82, 2.24) is 10.6 Å². The van der Waals surface area contributed by atoms with E-state index in [0.717, 1.165) is 24.2 Å². The summed E-state index contributed by atoms with van der Waals surface area (Å²) < 4.78 is 5.09. The fraction of sp³-hybridized carbons (Fsp3) is 0.647. The first kappa shape index (κ1) is 16.8. The minimum atomic E-state index is 0.625. The molecule has 2 saturated heterocycles. The van der Waals surface area contributed by atoms with Crippen LogP contribution < -0.4 is 10.6 Å². The van der Waals surface area contributed by atoms with Crippen molar-refractivity contribution < 1.29 is 4.74 Å². The van der Waals surface area contributed by atoms with E-state index in [0.29, 0.717) is 6.04 Å². The molecule has 2 aliphatic rings. The van der Waals surface area contributed by atoms with E-state index < -0.39 is 0 Å². The summed E-state index contributed by atoms with van der Waals surface area (Å²) in [5.74, 6) is 0.859. The van der Waals surface area contributed by atoms with Crippen molar-refractivity contribution >= 4 is 11.6 Å². The summed E-state index contributed by atoms with van der Waals surface area (Å²) in [6.45, 7) is 4.19. The zero-order valence-electron chi connectivity index (χ0n) is 12.9. The molecule has 0 aliphatic carbocycles. The summed E-state index contributed by atoms with van der Waals surface area (Å²) in [5, 5.41) is 7.36. The molecule has 3 nitrogen and oxygen atoms in total. The third-order valence-electron chi connectivity index (χ3n) is 4.23. The first-order chi connectivity index (χ1) is 10.3. The molecule has 2 fully saturated rings. The molecule has 1 aromatic rings. The average Bonchev–Trinajstić information content (AvgIpc) is 3.05. The highest BCUT2D eigenvalue weighted by Crippen LogP contribution is 2.19. The Morgan fingerprint density at radius 3 is 2.43 bits per heavy atom. The maximum atomic E-state index is 5.84. The molecule has 2 aliphatic heterocycles. The normalized spacial score (nSPS) is 22.7. The maximum Gasteiger partial charge on any atom is 0.0620 e. The zero-order chi connectivity index (χ0) is 14.9. The summed E-state index contributed by atoms with van der Waals surface area (Å²) >= 11 is 5.84. The third kappa shape index (κ3) is 6.35. The molecule has 0 saturated carbocycles. The van der Waals surface area contributed by atoms with Gasteiger partial charge in [-0.3, -0.25) is 0 Å². The third-order valence-corrected chi connectivity index (χ3v) is 4.49. The van der Waals surface area contributed by atoms with E-state index in [-0.39, 0.29) is 0 Å². The minimum absolute atomic E-state index is 0.625. The Morgan fingerprint density at radius 1 is 1.19 bits per heavy atom. The number of hydrogen-bond donors (Lipinski definition) is 2. The molecule has 1 unspecified atom stereocenters. The fourth-order valence-corrected chi connectivity index (χ4v) is 2.93. The fourth-order valence-electron chi connectivity index (χ4n) is 2.80. The molecule has 4 heteroatoms. The van der Waals surface area contributed by atoms with Gasteiger partial charge < -0.3 is 15.4 Å². The van der Waals surface area contributed by atoms with E-state index in [9.17, 15) is 0 Å². The Bertz CT molecular complexity index is 384. The number of hydrogen-bond acceptors (Lipinski definition) is 3. The van der Waals surface area contributed by atoms with Gasteiger partial charge in [-0.05, 0) is 69.4 Å². The van der Waals surface area contributed by atoms with Gasteiger partial charge in [-0.15, -0.1) is 0 Å². The lowest BCUT2D eigenvalue weighted by Crippen LogP contribution is -2.28. The lowest BCUT2D eigenvalue weighted by atomic mass is 9.91. The summed E-state index contributed by atoms with van der Waals surface area (Å²) in [5.41, 5.74) is 1.42. The van der Waals surface area contributed by atoms with Gasteiger partial charge in [-0.2, -0.15) is 0 Å². The number of ether oxygens (including phenoxy) is 1. The van der Waals surface area contributed by atoms with Gasteiger partial charge in [-0.1, -0.05) is 23.7 Å². The second-order valence-corrected chi connectivity index (χ2v) is 6.31. The molecule has 2 heterocycles. The SMILES string of the molecule is CNC1CCOC1.Clc1ccc(CC2CCNCC2)cc1. The number of piperidine rings is 1. The molecule has 118 valence electrons. The molecule has 0 amide bonds. The van der Waals surface area contributed by atoms with Gasteiger partial charge in [0.25, 0.3) is 0 Å². The van der Waals surface area contributed by atoms with Gasteiger partial charge in [0.1, 0.15) is 0 Å². The van der Waals surface area contributed by atoms with Crippen LogP contribution >= 0.6 is 11.6 Å². The number of nitrogens with one attached hydrogen (secondary N) is 2. The van der Waals surface area contributed by atoms with Crippen molar-refractivity contribution in [2.24, 2.45) is 5.92 Å². The molecule has 21 heavy (non-hydrogen) atoms. The van der Waals surface area contributed by atoms with Crippen LogP contribution in [-0.4, -0.2) is 39.4 Å². The number of likely N-dealkylation sites (N-methyl/N-ethyl adjacent to an activating group) is 1. The topological polar surface area (TPSA) is 33.3 Å². The van der Waals surface area contributed by atoms with Crippen molar-refractivity contribution in [1.29, 1.82) is 0 Å². The van der Waals surface area contributed by atoms with Gasteiger partial charge in [-0.25, -0.2) is 0 Å². The van der Waals surface area contributed by atoms with Gasteiger partial charge >= 0.3 is 0 Å². The molecule has 0 bridgehead atoms. The Morgan fingerprint density at radius 2 is 1.90 bits per heavy atom. The largest absolute Gasteiger partial charge is 0.380 e. The number of benzene rings is 1. The van der Waals surface area contributed by atoms with E-state index in [1.165, 1.54) is 44.3 Å². The van der Waals surface area contributed by atoms with Gasteiger partial charge in [0.2, 0.25) is 0 Å². The van der Waals surface area contributed by atoms with Crippen LogP contribution in [0.25, 0.3) is 0 Å². The van der Waals surface area contributed by atoms with Gasteiger partial charge in [0, 0.05) is 17.7 Å². The molecule has 2 N–H and O–H groups in total. The van der Waals surface area contributed by atoms with E-state index in [2.05, 4.69) is 22.8 Å². The van der Waals surface area contributed by atoms with Gasteiger partial charge in [0.05, 0.1) is 6.61 Å². The first-order valence-electron chi connectivity index (χ1n) is 7.98.